The molecule has 0 saturated carbocycles. The van der Waals surface area contributed by atoms with Gasteiger partial charge in [0.2, 0.25) is 0 Å². The minimum Gasteiger partial charge on any atom is -0.328 e. The highest BCUT2D eigenvalue weighted by Crippen LogP contribution is 2.19. The molecule has 4 heteroatoms. The summed E-state index contributed by atoms with van der Waals surface area (Å²) >= 11 is 3.18. The number of nitrogens with zero attached hydrogens (tertiary/aromatic N) is 1. The average molecular weight is 313 g/mol. The molecule has 0 bridgehead atoms. The van der Waals surface area contributed by atoms with E-state index in [-0.39, 0.29) is 5.91 Å². The third kappa shape index (κ3) is 3.60. The minimum absolute atomic E-state index is 0.0993. The number of hydrogen-bond acceptors (Lipinski definition) is 3. The van der Waals surface area contributed by atoms with Crippen LogP contribution in [-0.2, 0) is 13.1 Å². The van der Waals surface area contributed by atoms with E-state index in [2.05, 4.69) is 18.2 Å². The molecule has 106 valence electrons. The van der Waals surface area contributed by atoms with Crippen LogP contribution in [0.15, 0.2) is 65.4 Å². The first-order valence-corrected chi connectivity index (χ1v) is 8.48. The maximum absolute atomic E-state index is 12.7. The van der Waals surface area contributed by atoms with Crippen LogP contribution in [0.5, 0.6) is 0 Å². The molecular weight excluding hydrogens is 298 g/mol. The molecule has 3 rings (SSSR count). The van der Waals surface area contributed by atoms with E-state index in [9.17, 15) is 4.79 Å². The molecule has 0 N–H and O–H groups in total. The molecule has 2 nitrogen and oxygen atoms in total. The monoisotopic (exact) mass is 313 g/mol. The van der Waals surface area contributed by atoms with Crippen LogP contribution in [0, 0.1) is 0 Å². The third-order valence-electron chi connectivity index (χ3n) is 3.16. The van der Waals surface area contributed by atoms with Crippen molar-refractivity contribution in [3.63, 3.8) is 0 Å². The Kier molecular flexibility index (Phi) is 4.48. The van der Waals surface area contributed by atoms with E-state index >= 15 is 0 Å². The summed E-state index contributed by atoms with van der Waals surface area (Å²) < 4.78 is 0. The molecule has 21 heavy (non-hydrogen) atoms. The van der Waals surface area contributed by atoms with Gasteiger partial charge in [-0.2, -0.15) is 0 Å². The molecule has 2 heterocycles. The number of benzene rings is 1. The second kappa shape index (κ2) is 6.70. The molecule has 1 aromatic carbocycles. The van der Waals surface area contributed by atoms with Gasteiger partial charge in [-0.3, -0.25) is 4.79 Å². The molecule has 2 aromatic heterocycles. The first-order chi connectivity index (χ1) is 10.3. The van der Waals surface area contributed by atoms with Crippen molar-refractivity contribution in [2.45, 2.75) is 13.1 Å². The van der Waals surface area contributed by atoms with Crippen molar-refractivity contribution in [2.75, 3.05) is 0 Å². The number of hydrogen-bond donors (Lipinski definition) is 0. The van der Waals surface area contributed by atoms with Crippen LogP contribution >= 0.6 is 22.7 Å². The molecule has 0 unspecified atom stereocenters. The number of carbonyl (C=O) groups excluding carboxylic acids is 1. The van der Waals surface area contributed by atoms with E-state index < -0.39 is 0 Å². The molecular formula is C17H15NOS2. The van der Waals surface area contributed by atoms with Gasteiger partial charge in [-0.25, -0.2) is 0 Å². The normalized spacial score (nSPS) is 10.5. The standard InChI is InChI=1S/C17H15NOS2/c19-17(16-9-5-11-21-16)18(13-15-8-4-10-20-15)12-14-6-2-1-3-7-14/h1-11H,12-13H2. The van der Waals surface area contributed by atoms with E-state index in [0.29, 0.717) is 13.1 Å². The van der Waals surface area contributed by atoms with Crippen molar-refractivity contribution >= 4 is 28.6 Å². The van der Waals surface area contributed by atoms with E-state index in [1.807, 2.05) is 52.1 Å². The number of rotatable bonds is 5. The summed E-state index contributed by atoms with van der Waals surface area (Å²) in [5, 5.41) is 3.99. The van der Waals surface area contributed by atoms with Crippen molar-refractivity contribution < 1.29 is 4.79 Å². The van der Waals surface area contributed by atoms with Gasteiger partial charge in [0.05, 0.1) is 11.4 Å². The van der Waals surface area contributed by atoms with Crippen LogP contribution in [0.3, 0.4) is 0 Å². The SMILES string of the molecule is O=C(c1cccs1)N(Cc1ccccc1)Cc1cccs1. The second-order valence-electron chi connectivity index (χ2n) is 4.70. The Balaban J connectivity index is 1.82. The highest BCUT2D eigenvalue weighted by Gasteiger charge is 2.17. The maximum atomic E-state index is 12.7. The summed E-state index contributed by atoms with van der Waals surface area (Å²) in [5.41, 5.74) is 1.15. The smallest absolute Gasteiger partial charge is 0.264 e. The molecule has 0 aliphatic heterocycles. The average Bonchev–Trinajstić information content (AvgIpc) is 3.20. The Morgan fingerprint density at radius 2 is 1.62 bits per heavy atom. The van der Waals surface area contributed by atoms with Gasteiger partial charge in [0, 0.05) is 11.4 Å². The van der Waals surface area contributed by atoms with Crippen molar-refractivity contribution in [1.82, 2.24) is 4.90 Å². The topological polar surface area (TPSA) is 20.3 Å². The van der Waals surface area contributed by atoms with Gasteiger partial charge in [-0.15, -0.1) is 22.7 Å². The summed E-state index contributed by atoms with van der Waals surface area (Å²) in [4.78, 5) is 16.6. The Morgan fingerprint density at radius 3 is 2.29 bits per heavy atom. The van der Waals surface area contributed by atoms with Crippen molar-refractivity contribution in [3.8, 4) is 0 Å². The largest absolute Gasteiger partial charge is 0.328 e. The second-order valence-corrected chi connectivity index (χ2v) is 6.68. The molecule has 0 aliphatic carbocycles. The van der Waals surface area contributed by atoms with Gasteiger partial charge in [0.15, 0.2) is 0 Å². The summed E-state index contributed by atoms with van der Waals surface area (Å²) in [5.74, 6) is 0.0993. The van der Waals surface area contributed by atoms with Crippen LogP contribution in [0.25, 0.3) is 0 Å². The number of amides is 1. The fourth-order valence-electron chi connectivity index (χ4n) is 2.15. The van der Waals surface area contributed by atoms with Crippen molar-refractivity contribution in [3.05, 3.63) is 80.7 Å². The van der Waals surface area contributed by atoms with Crippen LogP contribution in [0.1, 0.15) is 20.1 Å². The number of thiophene rings is 2. The highest BCUT2D eigenvalue weighted by atomic mass is 32.1. The first-order valence-electron chi connectivity index (χ1n) is 6.72. The molecule has 0 fully saturated rings. The summed E-state index contributed by atoms with van der Waals surface area (Å²) in [6, 6.07) is 18.0. The van der Waals surface area contributed by atoms with E-state index in [1.165, 1.54) is 16.2 Å². The fraction of sp³-hybridized carbons (Fsp3) is 0.118. The lowest BCUT2D eigenvalue weighted by Crippen LogP contribution is -2.29. The Hall–Kier alpha value is -1.91. The van der Waals surface area contributed by atoms with Gasteiger partial charge >= 0.3 is 0 Å². The highest BCUT2D eigenvalue weighted by molar-refractivity contribution is 7.12. The van der Waals surface area contributed by atoms with Crippen LogP contribution in [-0.4, -0.2) is 10.8 Å². The zero-order valence-electron chi connectivity index (χ0n) is 11.4. The molecule has 0 radical (unpaired) electrons. The lowest BCUT2D eigenvalue weighted by molar-refractivity contribution is 0.0737. The van der Waals surface area contributed by atoms with Gasteiger partial charge in [0.25, 0.3) is 5.91 Å². The lowest BCUT2D eigenvalue weighted by atomic mass is 10.2. The summed E-state index contributed by atoms with van der Waals surface area (Å²) in [6.07, 6.45) is 0. The van der Waals surface area contributed by atoms with Gasteiger partial charge in [0.1, 0.15) is 0 Å². The van der Waals surface area contributed by atoms with E-state index in [4.69, 9.17) is 0 Å². The van der Waals surface area contributed by atoms with Crippen LogP contribution in [0.4, 0.5) is 0 Å². The first kappa shape index (κ1) is 14.0. The van der Waals surface area contributed by atoms with Crippen LogP contribution < -0.4 is 0 Å². The predicted octanol–water partition coefficient (Wildman–Crippen LogP) is 4.65. The Labute approximate surface area is 132 Å². The molecule has 0 spiro atoms. The summed E-state index contributed by atoms with van der Waals surface area (Å²) in [7, 11) is 0. The lowest BCUT2D eigenvalue weighted by Gasteiger charge is -2.21. The molecule has 0 saturated heterocycles. The fourth-order valence-corrected chi connectivity index (χ4v) is 3.56. The van der Waals surface area contributed by atoms with Gasteiger partial charge in [-0.05, 0) is 28.5 Å². The molecule has 3 aromatic rings. The van der Waals surface area contributed by atoms with Crippen molar-refractivity contribution in [1.29, 1.82) is 0 Å². The quantitative estimate of drug-likeness (QED) is 0.671. The van der Waals surface area contributed by atoms with E-state index in [0.717, 1.165) is 10.4 Å². The number of carbonyl (C=O) groups is 1. The molecule has 0 aliphatic rings. The third-order valence-corrected chi connectivity index (χ3v) is 4.88. The molecule has 0 atom stereocenters. The predicted molar refractivity (Wildman–Crippen MR) is 88.7 cm³/mol. The molecule has 1 amide bonds. The zero-order valence-corrected chi connectivity index (χ0v) is 13.1. The van der Waals surface area contributed by atoms with Gasteiger partial charge in [-0.1, -0.05) is 42.5 Å². The summed E-state index contributed by atoms with van der Waals surface area (Å²) in [6.45, 7) is 1.29. The minimum atomic E-state index is 0.0993. The van der Waals surface area contributed by atoms with Crippen LogP contribution in [0.2, 0.25) is 0 Å². The zero-order chi connectivity index (χ0) is 14.5. The maximum Gasteiger partial charge on any atom is 0.264 e. The Bertz CT molecular complexity index is 675. The van der Waals surface area contributed by atoms with Crippen molar-refractivity contribution in [2.24, 2.45) is 0 Å². The van der Waals surface area contributed by atoms with Gasteiger partial charge < -0.3 is 4.90 Å². The Morgan fingerprint density at radius 1 is 0.857 bits per heavy atom. The van der Waals surface area contributed by atoms with E-state index in [1.54, 1.807) is 11.3 Å².